The lowest BCUT2D eigenvalue weighted by atomic mass is 9.92. The highest BCUT2D eigenvalue weighted by molar-refractivity contribution is 6.10. The van der Waals surface area contributed by atoms with Crippen LogP contribution in [0.3, 0.4) is 0 Å². The highest BCUT2D eigenvalue weighted by Crippen LogP contribution is 2.30. The molecule has 0 aromatic heterocycles. The van der Waals surface area contributed by atoms with Crippen molar-refractivity contribution in [3.8, 4) is 11.5 Å². The van der Waals surface area contributed by atoms with Gasteiger partial charge < -0.3 is 25.4 Å². The molecule has 2 aromatic rings. The highest BCUT2D eigenvalue weighted by atomic mass is 16.5. The SMILES string of the molecule is CNC(=O)COc1cccc(NC(=O)CN2C(=O)NC(C)(c3ccc(OC)cc3)C2=O)c1. The van der Waals surface area contributed by atoms with Crippen molar-refractivity contribution < 1.29 is 28.7 Å². The normalized spacial score (nSPS) is 17.5. The van der Waals surface area contributed by atoms with E-state index in [-0.39, 0.29) is 12.5 Å². The molecule has 10 nitrogen and oxygen atoms in total. The van der Waals surface area contributed by atoms with E-state index in [1.54, 1.807) is 49.4 Å². The molecule has 3 N–H and O–H groups in total. The molecule has 32 heavy (non-hydrogen) atoms. The molecule has 0 bridgehead atoms. The minimum atomic E-state index is -1.29. The Hall–Kier alpha value is -4.08. The van der Waals surface area contributed by atoms with Gasteiger partial charge in [0.05, 0.1) is 7.11 Å². The summed E-state index contributed by atoms with van der Waals surface area (Å²) >= 11 is 0. The monoisotopic (exact) mass is 440 g/mol. The lowest BCUT2D eigenvalue weighted by Crippen LogP contribution is -2.42. The van der Waals surface area contributed by atoms with Crippen LogP contribution in [0.15, 0.2) is 48.5 Å². The number of hydrogen-bond donors (Lipinski definition) is 3. The van der Waals surface area contributed by atoms with E-state index in [0.29, 0.717) is 22.7 Å². The maximum absolute atomic E-state index is 13.0. The summed E-state index contributed by atoms with van der Waals surface area (Å²) in [5.41, 5.74) is -0.327. The van der Waals surface area contributed by atoms with Gasteiger partial charge in [0.1, 0.15) is 23.6 Å². The second-order valence-corrected chi connectivity index (χ2v) is 7.21. The summed E-state index contributed by atoms with van der Waals surface area (Å²) in [7, 11) is 3.03. The number of nitrogens with zero attached hydrogens (tertiary/aromatic N) is 1. The van der Waals surface area contributed by atoms with Crippen molar-refractivity contribution in [1.29, 1.82) is 0 Å². The lowest BCUT2D eigenvalue weighted by molar-refractivity contribution is -0.133. The molecule has 2 aromatic carbocycles. The van der Waals surface area contributed by atoms with Crippen LogP contribution in [0.5, 0.6) is 11.5 Å². The average Bonchev–Trinajstić information content (AvgIpc) is 3.01. The van der Waals surface area contributed by atoms with Gasteiger partial charge in [0.25, 0.3) is 11.8 Å². The molecule has 1 fully saturated rings. The molecule has 0 spiro atoms. The molecule has 3 rings (SSSR count). The number of carbonyl (C=O) groups is 4. The van der Waals surface area contributed by atoms with E-state index in [2.05, 4.69) is 16.0 Å². The number of benzene rings is 2. The Labute approximate surface area is 184 Å². The summed E-state index contributed by atoms with van der Waals surface area (Å²) < 4.78 is 10.5. The Kier molecular flexibility index (Phi) is 6.62. The minimum absolute atomic E-state index is 0.166. The van der Waals surface area contributed by atoms with Crippen LogP contribution < -0.4 is 25.4 Å². The minimum Gasteiger partial charge on any atom is -0.497 e. The fraction of sp³-hybridized carbons (Fsp3) is 0.273. The Bertz CT molecular complexity index is 1040. The van der Waals surface area contributed by atoms with Gasteiger partial charge in [0, 0.05) is 18.8 Å². The zero-order chi connectivity index (χ0) is 23.3. The van der Waals surface area contributed by atoms with Gasteiger partial charge in [0.15, 0.2) is 6.61 Å². The maximum atomic E-state index is 13.0. The van der Waals surface area contributed by atoms with Crippen LogP contribution in [0, 0.1) is 0 Å². The molecule has 5 amide bonds. The summed E-state index contributed by atoms with van der Waals surface area (Å²) in [6.07, 6.45) is 0. The Morgan fingerprint density at radius 2 is 1.78 bits per heavy atom. The molecular formula is C22H24N4O6. The molecular weight excluding hydrogens is 416 g/mol. The number of urea groups is 1. The van der Waals surface area contributed by atoms with Gasteiger partial charge in [-0.3, -0.25) is 19.3 Å². The van der Waals surface area contributed by atoms with Crippen LogP contribution in [0.2, 0.25) is 0 Å². The van der Waals surface area contributed by atoms with E-state index in [9.17, 15) is 19.2 Å². The van der Waals surface area contributed by atoms with Crippen LogP contribution in [-0.2, 0) is 19.9 Å². The molecule has 1 aliphatic rings. The van der Waals surface area contributed by atoms with E-state index >= 15 is 0 Å². The van der Waals surface area contributed by atoms with Crippen molar-refractivity contribution >= 4 is 29.4 Å². The Morgan fingerprint density at radius 3 is 2.44 bits per heavy atom. The molecule has 1 heterocycles. The third-order valence-electron chi connectivity index (χ3n) is 5.01. The average molecular weight is 440 g/mol. The zero-order valence-corrected chi connectivity index (χ0v) is 17.9. The van der Waals surface area contributed by atoms with E-state index in [4.69, 9.17) is 9.47 Å². The first-order chi connectivity index (χ1) is 15.3. The largest absolute Gasteiger partial charge is 0.497 e. The standard InChI is InChI=1S/C22H24N4O6/c1-22(14-7-9-16(31-3)10-8-14)20(29)26(21(30)25-22)12-18(27)24-15-5-4-6-17(11-15)32-13-19(28)23-2/h4-11H,12-13H2,1-3H3,(H,23,28)(H,24,27)(H,25,30). The van der Waals surface area contributed by atoms with Crippen molar-refractivity contribution in [3.05, 3.63) is 54.1 Å². The molecule has 10 heteroatoms. The topological polar surface area (TPSA) is 126 Å². The lowest BCUT2D eigenvalue weighted by Gasteiger charge is -2.22. The molecule has 1 aliphatic heterocycles. The third-order valence-corrected chi connectivity index (χ3v) is 5.01. The van der Waals surface area contributed by atoms with Crippen LogP contribution >= 0.6 is 0 Å². The third kappa shape index (κ3) is 4.80. The molecule has 1 unspecified atom stereocenters. The first-order valence-corrected chi connectivity index (χ1v) is 9.78. The highest BCUT2D eigenvalue weighted by Gasteiger charge is 2.49. The van der Waals surface area contributed by atoms with Gasteiger partial charge in [-0.2, -0.15) is 0 Å². The molecule has 0 saturated carbocycles. The number of imide groups is 1. The summed E-state index contributed by atoms with van der Waals surface area (Å²) in [6, 6.07) is 12.5. The van der Waals surface area contributed by atoms with Crippen molar-refractivity contribution in [2.45, 2.75) is 12.5 Å². The van der Waals surface area contributed by atoms with Gasteiger partial charge in [-0.05, 0) is 36.8 Å². The summed E-state index contributed by atoms with van der Waals surface area (Å²) in [5.74, 6) is -0.389. The van der Waals surface area contributed by atoms with Crippen molar-refractivity contribution in [1.82, 2.24) is 15.5 Å². The van der Waals surface area contributed by atoms with Crippen LogP contribution in [-0.4, -0.2) is 56.0 Å². The molecule has 1 atom stereocenters. The number of nitrogens with one attached hydrogen (secondary N) is 3. The quantitative estimate of drug-likeness (QED) is 0.530. The number of likely N-dealkylation sites (N-methyl/N-ethyl adjacent to an activating group) is 1. The maximum Gasteiger partial charge on any atom is 0.325 e. The Morgan fingerprint density at radius 1 is 1.06 bits per heavy atom. The number of ether oxygens (including phenoxy) is 2. The fourth-order valence-electron chi connectivity index (χ4n) is 3.19. The molecule has 0 radical (unpaired) electrons. The van der Waals surface area contributed by atoms with E-state index < -0.39 is 29.9 Å². The fourth-order valence-corrected chi connectivity index (χ4v) is 3.19. The van der Waals surface area contributed by atoms with Gasteiger partial charge >= 0.3 is 6.03 Å². The first-order valence-electron chi connectivity index (χ1n) is 9.78. The van der Waals surface area contributed by atoms with Gasteiger partial charge in [-0.25, -0.2) is 4.79 Å². The number of carbonyl (C=O) groups excluding carboxylic acids is 4. The second kappa shape index (κ2) is 9.38. The molecule has 0 aliphatic carbocycles. The van der Waals surface area contributed by atoms with Gasteiger partial charge in [-0.15, -0.1) is 0 Å². The van der Waals surface area contributed by atoms with Gasteiger partial charge in [-0.1, -0.05) is 18.2 Å². The van der Waals surface area contributed by atoms with E-state index in [1.165, 1.54) is 20.2 Å². The Balaban J connectivity index is 1.65. The summed E-state index contributed by atoms with van der Waals surface area (Å²) in [5, 5.41) is 7.72. The van der Waals surface area contributed by atoms with Crippen LogP contribution in [0.4, 0.5) is 10.5 Å². The second-order valence-electron chi connectivity index (χ2n) is 7.21. The smallest absolute Gasteiger partial charge is 0.325 e. The van der Waals surface area contributed by atoms with Gasteiger partial charge in [0.2, 0.25) is 5.91 Å². The van der Waals surface area contributed by atoms with Crippen molar-refractivity contribution in [3.63, 3.8) is 0 Å². The van der Waals surface area contributed by atoms with Crippen LogP contribution in [0.1, 0.15) is 12.5 Å². The first kappa shape index (κ1) is 22.6. The summed E-state index contributed by atoms with van der Waals surface area (Å²) in [4.78, 5) is 50.1. The summed E-state index contributed by atoms with van der Waals surface area (Å²) in [6.45, 7) is 0.959. The number of methoxy groups -OCH3 is 1. The number of amides is 5. The molecule has 1 saturated heterocycles. The molecule has 168 valence electrons. The number of hydrogen-bond acceptors (Lipinski definition) is 6. The zero-order valence-electron chi connectivity index (χ0n) is 17.9. The predicted octanol–water partition coefficient (Wildman–Crippen LogP) is 1.23. The van der Waals surface area contributed by atoms with Crippen molar-refractivity contribution in [2.75, 3.05) is 32.6 Å². The van der Waals surface area contributed by atoms with E-state index in [0.717, 1.165) is 4.90 Å². The number of rotatable bonds is 8. The predicted molar refractivity (Wildman–Crippen MR) is 115 cm³/mol. The van der Waals surface area contributed by atoms with Crippen molar-refractivity contribution in [2.24, 2.45) is 0 Å². The van der Waals surface area contributed by atoms with E-state index in [1.807, 2.05) is 0 Å². The van der Waals surface area contributed by atoms with Crippen LogP contribution in [0.25, 0.3) is 0 Å². The number of anilines is 1.